The summed E-state index contributed by atoms with van der Waals surface area (Å²) in [5, 5.41) is 9.49. The van der Waals surface area contributed by atoms with Gasteiger partial charge in [-0.15, -0.1) is 0 Å². The molecule has 1 aliphatic carbocycles. The van der Waals surface area contributed by atoms with Gasteiger partial charge in [0.2, 0.25) is 0 Å². The van der Waals surface area contributed by atoms with Gasteiger partial charge in [-0.2, -0.15) is 0 Å². The third-order valence-electron chi connectivity index (χ3n) is 6.67. The number of nitrogens with zero attached hydrogens (tertiary/aromatic N) is 2. The van der Waals surface area contributed by atoms with Gasteiger partial charge in [-0.3, -0.25) is 15.0 Å². The lowest BCUT2D eigenvalue weighted by Gasteiger charge is -2.42. The normalized spacial score (nSPS) is 21.2. The lowest BCUT2D eigenvalue weighted by atomic mass is 9.96. The van der Waals surface area contributed by atoms with Gasteiger partial charge in [-0.25, -0.2) is 14.5 Å². The Balaban J connectivity index is 1.53. The van der Waals surface area contributed by atoms with Gasteiger partial charge in [0, 0.05) is 17.8 Å². The highest BCUT2D eigenvalue weighted by molar-refractivity contribution is 5.96. The van der Waals surface area contributed by atoms with E-state index in [0.717, 1.165) is 46.0 Å². The zero-order valence-corrected chi connectivity index (χ0v) is 21.3. The average Bonchev–Trinajstić information content (AvgIpc) is 2.83. The minimum atomic E-state index is -0.772. The summed E-state index contributed by atoms with van der Waals surface area (Å²) in [4.78, 5) is 41.0. The van der Waals surface area contributed by atoms with Crippen LogP contribution in [-0.4, -0.2) is 60.4 Å². The quantitative estimate of drug-likeness (QED) is 0.450. The molecule has 4 amide bonds. The first-order valence-electron chi connectivity index (χ1n) is 12.4. The molecule has 1 saturated carbocycles. The van der Waals surface area contributed by atoms with E-state index in [1.807, 2.05) is 44.2 Å². The molecule has 1 unspecified atom stereocenters. The van der Waals surface area contributed by atoms with Crippen LogP contribution in [0.4, 0.5) is 9.59 Å². The van der Waals surface area contributed by atoms with Crippen LogP contribution in [0.3, 0.4) is 0 Å². The smallest absolute Gasteiger partial charge is 0.331 e. The van der Waals surface area contributed by atoms with E-state index >= 15 is 0 Å². The number of rotatable bonds is 9. The predicted molar refractivity (Wildman–Crippen MR) is 133 cm³/mol. The van der Waals surface area contributed by atoms with Gasteiger partial charge < -0.3 is 20.1 Å². The van der Waals surface area contributed by atoms with Crippen LogP contribution in [-0.2, 0) is 20.8 Å². The van der Waals surface area contributed by atoms with Crippen molar-refractivity contribution in [2.45, 2.75) is 59.0 Å². The minimum absolute atomic E-state index is 0.0809. The standard InChI is InChI=1S/C26H35N5O5/c1-16-8-10-19(11-9-16)15-30-24(29-25(33)31(26(30)34)14-18(3)23(32)35-4)28-20-12-17(2)22(27-13-20)36-21-6-5-7-21/h8-12,18,21,24,27-28H,5-7,13-15H2,1-4H3,(H,29,33)/t18-,24?/m0/s1. The van der Waals surface area contributed by atoms with Crippen molar-refractivity contribution >= 4 is 18.0 Å². The second-order valence-corrected chi connectivity index (χ2v) is 9.63. The van der Waals surface area contributed by atoms with E-state index in [1.54, 1.807) is 11.8 Å². The first kappa shape index (κ1) is 25.4. The van der Waals surface area contributed by atoms with Crippen molar-refractivity contribution in [3.05, 3.63) is 58.6 Å². The van der Waals surface area contributed by atoms with Crippen molar-refractivity contribution in [2.75, 3.05) is 20.2 Å². The Morgan fingerprint density at radius 2 is 1.92 bits per heavy atom. The highest BCUT2D eigenvalue weighted by Gasteiger charge is 2.40. The Labute approximate surface area is 211 Å². The molecule has 2 fully saturated rings. The first-order valence-corrected chi connectivity index (χ1v) is 12.4. The summed E-state index contributed by atoms with van der Waals surface area (Å²) in [5.74, 6) is -0.363. The van der Waals surface area contributed by atoms with Crippen LogP contribution in [0.1, 0.15) is 44.2 Å². The molecule has 2 heterocycles. The van der Waals surface area contributed by atoms with Crippen LogP contribution in [0.15, 0.2) is 47.5 Å². The van der Waals surface area contributed by atoms with Gasteiger partial charge in [0.1, 0.15) is 6.10 Å². The van der Waals surface area contributed by atoms with Crippen molar-refractivity contribution in [1.29, 1.82) is 0 Å². The summed E-state index contributed by atoms with van der Waals surface area (Å²) >= 11 is 0. The Morgan fingerprint density at radius 1 is 1.19 bits per heavy atom. The van der Waals surface area contributed by atoms with Crippen molar-refractivity contribution in [1.82, 2.24) is 25.8 Å². The maximum atomic E-state index is 13.5. The molecule has 3 N–H and O–H groups in total. The minimum Gasteiger partial charge on any atom is -0.476 e. The molecule has 1 aromatic rings. The summed E-state index contributed by atoms with van der Waals surface area (Å²) in [7, 11) is 1.28. The number of hydrogen-bond donors (Lipinski definition) is 3. The third kappa shape index (κ3) is 5.75. The van der Waals surface area contributed by atoms with Crippen LogP contribution >= 0.6 is 0 Å². The molecule has 1 saturated heterocycles. The Morgan fingerprint density at radius 3 is 2.53 bits per heavy atom. The zero-order chi connectivity index (χ0) is 25.8. The fourth-order valence-corrected chi connectivity index (χ4v) is 4.25. The van der Waals surface area contributed by atoms with E-state index in [2.05, 4.69) is 16.0 Å². The van der Waals surface area contributed by atoms with Crippen LogP contribution in [0.25, 0.3) is 0 Å². The van der Waals surface area contributed by atoms with Gasteiger partial charge in [0.05, 0.1) is 26.1 Å². The van der Waals surface area contributed by atoms with Crippen LogP contribution < -0.4 is 16.0 Å². The molecule has 36 heavy (non-hydrogen) atoms. The van der Waals surface area contributed by atoms with Crippen LogP contribution in [0.5, 0.6) is 0 Å². The van der Waals surface area contributed by atoms with E-state index in [4.69, 9.17) is 9.47 Å². The van der Waals surface area contributed by atoms with E-state index in [-0.39, 0.29) is 19.2 Å². The van der Waals surface area contributed by atoms with E-state index in [1.165, 1.54) is 13.5 Å². The summed E-state index contributed by atoms with van der Waals surface area (Å²) in [6, 6.07) is 6.81. The Kier molecular flexibility index (Phi) is 7.71. The molecule has 194 valence electrons. The molecule has 2 atom stereocenters. The van der Waals surface area contributed by atoms with Crippen molar-refractivity contribution in [3.63, 3.8) is 0 Å². The fourth-order valence-electron chi connectivity index (χ4n) is 4.25. The number of allylic oxidation sites excluding steroid dienone is 2. The topological polar surface area (TPSA) is 112 Å². The van der Waals surface area contributed by atoms with Crippen molar-refractivity contribution < 1.29 is 23.9 Å². The number of hydrogen-bond acceptors (Lipinski definition) is 7. The van der Waals surface area contributed by atoms with Crippen molar-refractivity contribution in [2.24, 2.45) is 5.92 Å². The number of urea groups is 2. The highest BCUT2D eigenvalue weighted by Crippen LogP contribution is 2.26. The van der Waals surface area contributed by atoms with Gasteiger partial charge in [-0.1, -0.05) is 36.8 Å². The molecule has 0 spiro atoms. The number of methoxy groups -OCH3 is 1. The lowest BCUT2D eigenvalue weighted by molar-refractivity contribution is -0.145. The monoisotopic (exact) mass is 497 g/mol. The molecule has 4 rings (SSSR count). The maximum absolute atomic E-state index is 13.5. The molecule has 2 aliphatic heterocycles. The maximum Gasteiger partial charge on any atom is 0.331 e. The SMILES string of the molecule is COC(=O)[C@@H](C)CN1C(=O)NC(NC2=CC(C)=C(OC3CCC3)NC2)N(Cc2ccc(C)cc2)C1=O. The zero-order valence-electron chi connectivity index (χ0n) is 21.3. The van der Waals surface area contributed by atoms with E-state index in [9.17, 15) is 14.4 Å². The Hall–Kier alpha value is -3.69. The van der Waals surface area contributed by atoms with Gasteiger partial charge >= 0.3 is 18.0 Å². The molecule has 1 aromatic carbocycles. The number of nitrogens with one attached hydrogen (secondary N) is 3. The average molecular weight is 498 g/mol. The predicted octanol–water partition coefficient (Wildman–Crippen LogP) is 2.91. The van der Waals surface area contributed by atoms with Gasteiger partial charge in [0.15, 0.2) is 12.2 Å². The summed E-state index contributed by atoms with van der Waals surface area (Å²) < 4.78 is 10.8. The van der Waals surface area contributed by atoms with Gasteiger partial charge in [-0.05, 0) is 44.7 Å². The summed E-state index contributed by atoms with van der Waals surface area (Å²) in [6.07, 6.45) is 4.80. The number of benzene rings is 1. The molecule has 3 aliphatic rings. The molecular formula is C26H35N5O5. The molecule has 0 radical (unpaired) electrons. The molecule has 10 nitrogen and oxygen atoms in total. The molecule has 0 aromatic heterocycles. The van der Waals surface area contributed by atoms with Gasteiger partial charge in [0.25, 0.3) is 0 Å². The summed E-state index contributed by atoms with van der Waals surface area (Å²) in [5.41, 5.74) is 3.79. The number of amides is 4. The Bertz CT molecular complexity index is 1060. The third-order valence-corrected chi connectivity index (χ3v) is 6.67. The number of carbonyl (C=O) groups is 3. The second-order valence-electron chi connectivity index (χ2n) is 9.63. The largest absolute Gasteiger partial charge is 0.476 e. The van der Waals surface area contributed by atoms with Crippen LogP contribution in [0, 0.1) is 12.8 Å². The lowest BCUT2D eigenvalue weighted by Crippen LogP contribution is -2.69. The van der Waals surface area contributed by atoms with E-state index in [0.29, 0.717) is 6.54 Å². The number of ether oxygens (including phenoxy) is 2. The molecule has 0 bridgehead atoms. The van der Waals surface area contributed by atoms with Crippen molar-refractivity contribution in [3.8, 4) is 0 Å². The molecule has 10 heteroatoms. The molecular weight excluding hydrogens is 462 g/mol. The summed E-state index contributed by atoms with van der Waals surface area (Å²) in [6.45, 7) is 6.25. The van der Waals surface area contributed by atoms with E-state index < -0.39 is 30.2 Å². The number of esters is 1. The number of aryl methyl sites for hydroxylation is 1. The first-order chi connectivity index (χ1) is 17.2. The fraction of sp³-hybridized carbons (Fsp3) is 0.500. The second kappa shape index (κ2) is 10.9. The number of dihydropyridines is 1. The highest BCUT2D eigenvalue weighted by atomic mass is 16.5. The number of carbonyl (C=O) groups excluding carboxylic acids is 3. The number of imide groups is 1. The van der Waals surface area contributed by atoms with Crippen LogP contribution in [0.2, 0.25) is 0 Å².